The zero-order chi connectivity index (χ0) is 19.4. The Morgan fingerprint density at radius 1 is 1.30 bits per heavy atom. The maximum atomic E-state index is 13.0. The Morgan fingerprint density at radius 3 is 2.78 bits per heavy atom. The van der Waals surface area contributed by atoms with E-state index in [9.17, 15) is 22.8 Å². The first-order chi connectivity index (χ1) is 12.8. The lowest BCUT2D eigenvalue weighted by molar-refractivity contribution is -0.138. The number of cyclic esters (lactones) is 1. The average molecular weight is 383 g/mol. The molecule has 144 valence electrons. The summed E-state index contributed by atoms with van der Waals surface area (Å²) >= 11 is 0. The van der Waals surface area contributed by atoms with Crippen LogP contribution in [0.1, 0.15) is 21.6 Å². The smallest absolute Gasteiger partial charge is 0.416 e. The molecule has 27 heavy (non-hydrogen) atoms. The molecular weight excluding hydrogens is 367 g/mol. The quantitative estimate of drug-likeness (QED) is 0.817. The third kappa shape index (κ3) is 4.54. The van der Waals surface area contributed by atoms with E-state index in [2.05, 4.69) is 15.6 Å². The summed E-state index contributed by atoms with van der Waals surface area (Å²) in [6.07, 6.45) is -3.64. The van der Waals surface area contributed by atoms with Gasteiger partial charge in [0.25, 0.3) is 5.91 Å². The molecule has 2 aromatic rings. The maximum absolute atomic E-state index is 13.0. The standard InChI is InChI=1S/C16H16F3N5O3/c17-16(18,19)12-4-2-1-3-11(12)9-24-10-13(21-22-24)14(25)20-5-6-23-7-8-27-15(23)26/h1-4,10H,5-9H2,(H,20,25). The molecule has 1 aliphatic rings. The number of nitrogens with zero attached hydrogens (tertiary/aromatic N) is 4. The van der Waals surface area contributed by atoms with Crippen LogP contribution in [0, 0.1) is 0 Å². The lowest BCUT2D eigenvalue weighted by Crippen LogP contribution is -2.35. The van der Waals surface area contributed by atoms with Gasteiger partial charge in [-0.15, -0.1) is 5.10 Å². The van der Waals surface area contributed by atoms with Crippen LogP contribution in [-0.2, 0) is 17.5 Å². The number of hydrogen-bond acceptors (Lipinski definition) is 5. The van der Waals surface area contributed by atoms with E-state index in [0.29, 0.717) is 13.2 Å². The van der Waals surface area contributed by atoms with Crippen LogP contribution in [0.5, 0.6) is 0 Å². The molecular formula is C16H16F3N5O3. The number of rotatable bonds is 6. The number of halogens is 3. The van der Waals surface area contributed by atoms with Gasteiger partial charge >= 0.3 is 12.3 Å². The van der Waals surface area contributed by atoms with Crippen molar-refractivity contribution in [3.63, 3.8) is 0 Å². The summed E-state index contributed by atoms with van der Waals surface area (Å²) in [5.41, 5.74) is -0.762. The van der Waals surface area contributed by atoms with Gasteiger partial charge < -0.3 is 15.0 Å². The molecule has 1 fully saturated rings. The Morgan fingerprint density at radius 2 is 2.07 bits per heavy atom. The van der Waals surface area contributed by atoms with Crippen LogP contribution < -0.4 is 5.32 Å². The van der Waals surface area contributed by atoms with E-state index in [1.807, 2.05) is 0 Å². The van der Waals surface area contributed by atoms with Crippen LogP contribution in [0.15, 0.2) is 30.5 Å². The molecule has 0 bridgehead atoms. The minimum atomic E-state index is -4.48. The number of aromatic nitrogens is 3. The van der Waals surface area contributed by atoms with Crippen molar-refractivity contribution in [1.82, 2.24) is 25.2 Å². The SMILES string of the molecule is O=C(NCCN1CCOC1=O)c1cn(Cc2ccccc2C(F)(F)F)nn1. The van der Waals surface area contributed by atoms with Crippen molar-refractivity contribution < 1.29 is 27.5 Å². The van der Waals surface area contributed by atoms with E-state index in [4.69, 9.17) is 4.74 Å². The maximum Gasteiger partial charge on any atom is 0.416 e. The summed E-state index contributed by atoms with van der Waals surface area (Å²) in [7, 11) is 0. The van der Waals surface area contributed by atoms with Gasteiger partial charge in [0.05, 0.1) is 24.8 Å². The van der Waals surface area contributed by atoms with Crippen molar-refractivity contribution in [1.29, 1.82) is 0 Å². The fourth-order valence-corrected chi connectivity index (χ4v) is 2.61. The summed E-state index contributed by atoms with van der Waals surface area (Å²) in [4.78, 5) is 24.8. The van der Waals surface area contributed by atoms with Crippen molar-refractivity contribution in [3.05, 3.63) is 47.3 Å². The van der Waals surface area contributed by atoms with E-state index >= 15 is 0 Å². The number of alkyl halides is 3. The largest absolute Gasteiger partial charge is 0.448 e. The Bertz CT molecular complexity index is 837. The molecule has 0 atom stereocenters. The van der Waals surface area contributed by atoms with Gasteiger partial charge in [0.1, 0.15) is 6.61 Å². The monoisotopic (exact) mass is 383 g/mol. The van der Waals surface area contributed by atoms with E-state index in [-0.39, 0.29) is 30.9 Å². The lowest BCUT2D eigenvalue weighted by Gasteiger charge is -2.12. The van der Waals surface area contributed by atoms with Gasteiger partial charge in [-0.1, -0.05) is 23.4 Å². The van der Waals surface area contributed by atoms with E-state index in [1.54, 1.807) is 0 Å². The van der Waals surface area contributed by atoms with Crippen LogP contribution in [0.3, 0.4) is 0 Å². The van der Waals surface area contributed by atoms with Crippen molar-refractivity contribution in [3.8, 4) is 0 Å². The zero-order valence-electron chi connectivity index (χ0n) is 14.1. The normalized spacial score (nSPS) is 14.3. The van der Waals surface area contributed by atoms with Gasteiger partial charge in [-0.2, -0.15) is 13.2 Å². The molecule has 1 N–H and O–H groups in total. The zero-order valence-corrected chi connectivity index (χ0v) is 14.1. The fraction of sp³-hybridized carbons (Fsp3) is 0.375. The molecule has 1 aliphatic heterocycles. The number of carbonyl (C=O) groups is 2. The second kappa shape index (κ2) is 7.64. The molecule has 1 aromatic heterocycles. The summed E-state index contributed by atoms with van der Waals surface area (Å²) in [6.45, 7) is 1.09. The minimum Gasteiger partial charge on any atom is -0.448 e. The number of amides is 2. The predicted octanol–water partition coefficient (Wildman–Crippen LogP) is 1.53. The molecule has 0 spiro atoms. The molecule has 2 heterocycles. The highest BCUT2D eigenvalue weighted by molar-refractivity contribution is 5.91. The molecule has 0 saturated carbocycles. The number of benzene rings is 1. The van der Waals surface area contributed by atoms with Gasteiger partial charge in [-0.05, 0) is 11.6 Å². The molecule has 0 unspecified atom stereocenters. The topological polar surface area (TPSA) is 89.4 Å². The first kappa shape index (κ1) is 18.7. The second-order valence-corrected chi connectivity index (χ2v) is 5.81. The van der Waals surface area contributed by atoms with Gasteiger partial charge in [0.2, 0.25) is 0 Å². The Labute approximate surface area is 151 Å². The third-order valence-electron chi connectivity index (χ3n) is 3.94. The van der Waals surface area contributed by atoms with Gasteiger partial charge in [-0.3, -0.25) is 4.79 Å². The minimum absolute atomic E-state index is 0.0226. The molecule has 11 heteroatoms. The van der Waals surface area contributed by atoms with Gasteiger partial charge in [0.15, 0.2) is 5.69 Å². The van der Waals surface area contributed by atoms with Crippen LogP contribution in [0.25, 0.3) is 0 Å². The molecule has 3 rings (SSSR count). The first-order valence-corrected chi connectivity index (χ1v) is 8.10. The van der Waals surface area contributed by atoms with Crippen LogP contribution in [-0.4, -0.2) is 58.1 Å². The lowest BCUT2D eigenvalue weighted by atomic mass is 10.1. The number of ether oxygens (including phenoxy) is 1. The number of carbonyl (C=O) groups excluding carboxylic acids is 2. The van der Waals surface area contributed by atoms with Gasteiger partial charge in [0, 0.05) is 13.1 Å². The van der Waals surface area contributed by atoms with E-state index < -0.39 is 23.7 Å². The Hall–Kier alpha value is -3.11. The third-order valence-corrected chi connectivity index (χ3v) is 3.94. The molecule has 1 aromatic carbocycles. The summed E-state index contributed by atoms with van der Waals surface area (Å²) < 4.78 is 45.0. The fourth-order valence-electron chi connectivity index (χ4n) is 2.61. The number of hydrogen-bond donors (Lipinski definition) is 1. The summed E-state index contributed by atoms with van der Waals surface area (Å²) in [5.74, 6) is -0.530. The molecule has 0 radical (unpaired) electrons. The highest BCUT2D eigenvalue weighted by Gasteiger charge is 2.33. The summed E-state index contributed by atoms with van der Waals surface area (Å²) in [6, 6.07) is 5.14. The molecule has 2 amide bonds. The van der Waals surface area contributed by atoms with Crippen molar-refractivity contribution in [2.24, 2.45) is 0 Å². The Kier molecular flexibility index (Phi) is 5.28. The molecule has 1 saturated heterocycles. The first-order valence-electron chi connectivity index (χ1n) is 8.10. The van der Waals surface area contributed by atoms with Crippen molar-refractivity contribution >= 4 is 12.0 Å². The molecule has 0 aliphatic carbocycles. The number of nitrogens with one attached hydrogen (secondary N) is 1. The van der Waals surface area contributed by atoms with Crippen molar-refractivity contribution in [2.45, 2.75) is 12.7 Å². The summed E-state index contributed by atoms with van der Waals surface area (Å²) in [5, 5.41) is 9.97. The average Bonchev–Trinajstić information content (AvgIpc) is 3.24. The predicted molar refractivity (Wildman–Crippen MR) is 85.8 cm³/mol. The van der Waals surface area contributed by atoms with Gasteiger partial charge in [-0.25, -0.2) is 9.48 Å². The van der Waals surface area contributed by atoms with E-state index in [1.165, 1.54) is 29.3 Å². The van der Waals surface area contributed by atoms with Crippen LogP contribution >= 0.6 is 0 Å². The Balaban J connectivity index is 1.58. The highest BCUT2D eigenvalue weighted by Crippen LogP contribution is 2.32. The highest BCUT2D eigenvalue weighted by atomic mass is 19.4. The molecule has 8 nitrogen and oxygen atoms in total. The van der Waals surface area contributed by atoms with E-state index in [0.717, 1.165) is 10.7 Å². The second-order valence-electron chi connectivity index (χ2n) is 5.81. The van der Waals surface area contributed by atoms with Crippen LogP contribution in [0.4, 0.5) is 18.0 Å². The van der Waals surface area contributed by atoms with Crippen molar-refractivity contribution in [2.75, 3.05) is 26.2 Å². The van der Waals surface area contributed by atoms with Crippen LogP contribution in [0.2, 0.25) is 0 Å².